The van der Waals surface area contributed by atoms with Crippen LogP contribution in [0.4, 0.5) is 4.79 Å². The molecular formula is C12H22N4O3. The maximum absolute atomic E-state index is 12.4. The fourth-order valence-corrected chi connectivity index (χ4v) is 2.73. The number of piperidine rings is 1. The van der Waals surface area contributed by atoms with Gasteiger partial charge in [-0.2, -0.15) is 0 Å². The van der Waals surface area contributed by atoms with Crippen LogP contribution in [0.15, 0.2) is 0 Å². The number of nitrogens with zero attached hydrogens (tertiary/aromatic N) is 1. The summed E-state index contributed by atoms with van der Waals surface area (Å²) in [4.78, 5) is 24.9. The third kappa shape index (κ3) is 3.36. The molecule has 0 radical (unpaired) electrons. The van der Waals surface area contributed by atoms with Crippen LogP contribution in [0, 0.1) is 5.92 Å². The van der Waals surface area contributed by atoms with Crippen LogP contribution in [0.5, 0.6) is 0 Å². The molecule has 0 aromatic rings. The summed E-state index contributed by atoms with van der Waals surface area (Å²) >= 11 is 0. The Morgan fingerprint density at radius 3 is 2.89 bits per heavy atom. The first kappa shape index (κ1) is 14.1. The Morgan fingerprint density at radius 2 is 2.26 bits per heavy atom. The number of carbonyl (C=O) groups excluding carboxylic acids is 2. The number of hydrogen-bond donors (Lipinski definition) is 3. The van der Waals surface area contributed by atoms with Gasteiger partial charge in [0, 0.05) is 26.2 Å². The summed E-state index contributed by atoms with van der Waals surface area (Å²) in [5, 5.41) is 2.60. The summed E-state index contributed by atoms with van der Waals surface area (Å²) < 4.78 is 5.23. The van der Waals surface area contributed by atoms with Gasteiger partial charge in [0.05, 0.1) is 6.61 Å². The molecule has 0 aromatic heterocycles. The minimum atomic E-state index is -0.862. The van der Waals surface area contributed by atoms with E-state index in [1.807, 2.05) is 0 Å². The predicted molar refractivity (Wildman–Crippen MR) is 69.2 cm³/mol. The molecule has 0 aromatic carbocycles. The van der Waals surface area contributed by atoms with Crippen molar-refractivity contribution >= 4 is 11.9 Å². The zero-order chi connectivity index (χ0) is 13.9. The molecule has 7 nitrogen and oxygen atoms in total. The van der Waals surface area contributed by atoms with Crippen LogP contribution >= 0.6 is 0 Å². The van der Waals surface area contributed by atoms with Crippen molar-refractivity contribution in [2.45, 2.75) is 24.8 Å². The van der Waals surface area contributed by atoms with Crippen molar-refractivity contribution in [1.82, 2.24) is 10.2 Å². The van der Waals surface area contributed by atoms with Gasteiger partial charge in [0.15, 0.2) is 0 Å². The Hall–Kier alpha value is -1.34. The van der Waals surface area contributed by atoms with Crippen LogP contribution in [-0.2, 0) is 9.53 Å². The van der Waals surface area contributed by atoms with Gasteiger partial charge in [0.1, 0.15) is 5.54 Å². The molecule has 2 aliphatic heterocycles. The number of nitrogens with one attached hydrogen (secondary N) is 1. The zero-order valence-electron chi connectivity index (χ0n) is 11.1. The molecular weight excluding hydrogens is 248 g/mol. The molecule has 3 amide bonds. The van der Waals surface area contributed by atoms with Gasteiger partial charge < -0.3 is 26.4 Å². The summed E-state index contributed by atoms with van der Waals surface area (Å²) in [6.45, 7) is 2.70. The van der Waals surface area contributed by atoms with Crippen molar-refractivity contribution in [3.05, 3.63) is 0 Å². The van der Waals surface area contributed by atoms with E-state index in [-0.39, 0.29) is 11.8 Å². The molecule has 2 rings (SSSR count). The van der Waals surface area contributed by atoms with Gasteiger partial charge >= 0.3 is 6.03 Å². The Bertz CT molecular complexity index is 355. The van der Waals surface area contributed by atoms with Gasteiger partial charge in [0.2, 0.25) is 5.91 Å². The van der Waals surface area contributed by atoms with E-state index in [1.54, 1.807) is 4.90 Å². The highest BCUT2D eigenvalue weighted by atomic mass is 16.5. The number of primary amides is 1. The number of carbonyl (C=O) groups is 2. The Kier molecular flexibility index (Phi) is 4.26. The molecule has 0 saturated carbocycles. The summed E-state index contributed by atoms with van der Waals surface area (Å²) in [6, 6.07) is -0.525. The van der Waals surface area contributed by atoms with Gasteiger partial charge in [-0.3, -0.25) is 4.79 Å². The molecule has 108 valence electrons. The van der Waals surface area contributed by atoms with Crippen LogP contribution in [0.1, 0.15) is 19.3 Å². The molecule has 7 heteroatoms. The molecule has 2 aliphatic rings. The minimum absolute atomic E-state index is 0.0335. The standard InChI is InChI=1S/C12H22N4O3/c13-11(18)15-6-9-2-1-4-16(7-9)10(17)12(14)3-5-19-8-12/h9H,1-8,14H2,(H3,13,15,18). The van der Waals surface area contributed by atoms with Gasteiger partial charge in [0.25, 0.3) is 0 Å². The van der Waals surface area contributed by atoms with E-state index in [0.717, 1.165) is 19.4 Å². The van der Waals surface area contributed by atoms with Crippen LogP contribution in [0.2, 0.25) is 0 Å². The van der Waals surface area contributed by atoms with E-state index in [9.17, 15) is 9.59 Å². The van der Waals surface area contributed by atoms with Crippen LogP contribution in [-0.4, -0.2) is 55.2 Å². The second-order valence-corrected chi connectivity index (χ2v) is 5.46. The summed E-state index contributed by atoms with van der Waals surface area (Å²) in [6.07, 6.45) is 2.48. The first-order chi connectivity index (χ1) is 9.01. The number of ether oxygens (including phenoxy) is 1. The summed E-state index contributed by atoms with van der Waals surface area (Å²) in [5.74, 6) is 0.213. The van der Waals surface area contributed by atoms with E-state index in [2.05, 4.69) is 5.32 Å². The van der Waals surface area contributed by atoms with Crippen molar-refractivity contribution in [3.63, 3.8) is 0 Å². The Morgan fingerprint density at radius 1 is 1.47 bits per heavy atom. The topological polar surface area (TPSA) is 111 Å². The van der Waals surface area contributed by atoms with Crippen molar-refractivity contribution in [2.75, 3.05) is 32.8 Å². The Balaban J connectivity index is 1.89. The second-order valence-electron chi connectivity index (χ2n) is 5.46. The molecule has 2 atom stereocenters. The average molecular weight is 270 g/mol. The van der Waals surface area contributed by atoms with Crippen LogP contribution in [0.25, 0.3) is 0 Å². The molecule has 2 fully saturated rings. The number of nitrogens with two attached hydrogens (primary N) is 2. The zero-order valence-corrected chi connectivity index (χ0v) is 11.1. The maximum Gasteiger partial charge on any atom is 0.312 e. The van der Waals surface area contributed by atoms with Crippen molar-refractivity contribution < 1.29 is 14.3 Å². The van der Waals surface area contributed by atoms with E-state index >= 15 is 0 Å². The molecule has 0 aliphatic carbocycles. The van der Waals surface area contributed by atoms with E-state index in [1.165, 1.54) is 0 Å². The third-order valence-electron chi connectivity index (χ3n) is 3.85. The fourth-order valence-electron chi connectivity index (χ4n) is 2.73. The quantitative estimate of drug-likeness (QED) is 0.611. The predicted octanol–water partition coefficient (Wildman–Crippen LogP) is -0.989. The molecule has 2 unspecified atom stereocenters. The minimum Gasteiger partial charge on any atom is -0.379 e. The summed E-state index contributed by atoms with van der Waals surface area (Å²) in [7, 11) is 0. The molecule has 0 spiro atoms. The smallest absolute Gasteiger partial charge is 0.312 e. The molecule has 19 heavy (non-hydrogen) atoms. The fraction of sp³-hybridized carbons (Fsp3) is 0.833. The lowest BCUT2D eigenvalue weighted by Gasteiger charge is -2.36. The van der Waals surface area contributed by atoms with E-state index < -0.39 is 11.6 Å². The highest BCUT2D eigenvalue weighted by molar-refractivity contribution is 5.86. The molecule has 2 heterocycles. The maximum atomic E-state index is 12.4. The number of rotatable bonds is 3. The third-order valence-corrected chi connectivity index (χ3v) is 3.85. The molecule has 2 saturated heterocycles. The lowest BCUT2D eigenvalue weighted by molar-refractivity contribution is -0.138. The van der Waals surface area contributed by atoms with Crippen LogP contribution < -0.4 is 16.8 Å². The molecule has 5 N–H and O–H groups in total. The lowest BCUT2D eigenvalue weighted by Crippen LogP contribution is -2.58. The highest BCUT2D eigenvalue weighted by Gasteiger charge is 2.42. The van der Waals surface area contributed by atoms with Gasteiger partial charge in [-0.25, -0.2) is 4.79 Å². The van der Waals surface area contributed by atoms with Crippen molar-refractivity contribution in [2.24, 2.45) is 17.4 Å². The van der Waals surface area contributed by atoms with E-state index in [0.29, 0.717) is 32.7 Å². The largest absolute Gasteiger partial charge is 0.379 e. The van der Waals surface area contributed by atoms with Crippen LogP contribution in [0.3, 0.4) is 0 Å². The van der Waals surface area contributed by atoms with E-state index in [4.69, 9.17) is 16.2 Å². The number of amides is 3. The summed E-state index contributed by atoms with van der Waals surface area (Å²) in [5.41, 5.74) is 10.3. The number of hydrogen-bond acceptors (Lipinski definition) is 4. The Labute approximate surface area is 112 Å². The normalized spacial score (nSPS) is 31.2. The number of urea groups is 1. The van der Waals surface area contributed by atoms with Gasteiger partial charge in [-0.15, -0.1) is 0 Å². The molecule has 0 bridgehead atoms. The monoisotopic (exact) mass is 270 g/mol. The van der Waals surface area contributed by atoms with Crippen molar-refractivity contribution in [1.29, 1.82) is 0 Å². The first-order valence-electron chi connectivity index (χ1n) is 6.70. The lowest BCUT2D eigenvalue weighted by atomic mass is 9.93. The second kappa shape index (κ2) is 5.75. The average Bonchev–Trinajstić information content (AvgIpc) is 2.84. The van der Waals surface area contributed by atoms with Gasteiger partial charge in [-0.05, 0) is 25.2 Å². The highest BCUT2D eigenvalue weighted by Crippen LogP contribution is 2.23. The van der Waals surface area contributed by atoms with Gasteiger partial charge in [-0.1, -0.05) is 0 Å². The SMILES string of the molecule is NC(=O)NCC1CCCN(C(=O)C2(N)CCOC2)C1. The first-order valence-corrected chi connectivity index (χ1v) is 6.70. The number of likely N-dealkylation sites (tertiary alicyclic amines) is 1. The van der Waals surface area contributed by atoms with Crippen molar-refractivity contribution in [3.8, 4) is 0 Å².